The number of carbonyl (C=O) groups excluding carboxylic acids is 1. The maximum absolute atomic E-state index is 15.3. The molecule has 0 aromatic heterocycles. The van der Waals surface area contributed by atoms with E-state index in [1.54, 1.807) is 6.07 Å². The van der Waals surface area contributed by atoms with Crippen molar-refractivity contribution in [2.45, 2.75) is 58.6 Å². The predicted octanol–water partition coefficient (Wildman–Crippen LogP) is 5.73. The molecule has 0 spiro atoms. The van der Waals surface area contributed by atoms with Gasteiger partial charge in [-0.15, -0.1) is 0 Å². The molecule has 4 aliphatic rings. The molecule has 1 amide bonds. The number of piperidine rings is 3. The van der Waals surface area contributed by atoms with Crippen LogP contribution in [0.2, 0.25) is 0 Å². The van der Waals surface area contributed by atoms with E-state index >= 15 is 4.39 Å². The summed E-state index contributed by atoms with van der Waals surface area (Å²) in [5.41, 5.74) is 3.08. The van der Waals surface area contributed by atoms with Gasteiger partial charge in [-0.05, 0) is 91.1 Å². The molecule has 182 valence electrons. The SMILES string of the molecule is CCCOc1ccc(-c2cc3c(cc2F)[C@H](NC(=O)O[C@@H]2CN4CCC2CC4)C(C)(C)C3)cc1. The van der Waals surface area contributed by atoms with Gasteiger partial charge in [-0.1, -0.05) is 32.9 Å². The summed E-state index contributed by atoms with van der Waals surface area (Å²) in [5.74, 6) is 0.966. The smallest absolute Gasteiger partial charge is 0.407 e. The minimum atomic E-state index is -0.392. The Morgan fingerprint density at radius 3 is 2.56 bits per heavy atom. The Balaban J connectivity index is 1.32. The van der Waals surface area contributed by atoms with Gasteiger partial charge in [0.1, 0.15) is 17.7 Å². The molecule has 2 bridgehead atoms. The van der Waals surface area contributed by atoms with Gasteiger partial charge in [0.25, 0.3) is 0 Å². The number of alkyl carbamates (subject to hydrolysis) is 1. The summed E-state index contributed by atoms with van der Waals surface area (Å²) in [6, 6.07) is 10.8. The van der Waals surface area contributed by atoms with Crippen molar-refractivity contribution in [2.24, 2.45) is 11.3 Å². The third-order valence-corrected chi connectivity index (χ3v) is 7.72. The molecule has 0 radical (unpaired) electrons. The van der Waals surface area contributed by atoms with E-state index in [1.807, 2.05) is 30.3 Å². The summed E-state index contributed by atoms with van der Waals surface area (Å²) in [6.45, 7) is 9.99. The van der Waals surface area contributed by atoms with E-state index in [0.29, 0.717) is 18.1 Å². The molecule has 0 unspecified atom stereocenters. The summed E-state index contributed by atoms with van der Waals surface area (Å²) < 4.78 is 26.8. The van der Waals surface area contributed by atoms with Gasteiger partial charge in [0.15, 0.2) is 0 Å². The summed E-state index contributed by atoms with van der Waals surface area (Å²) in [7, 11) is 0. The van der Waals surface area contributed by atoms with Crippen molar-refractivity contribution in [2.75, 3.05) is 26.2 Å². The minimum Gasteiger partial charge on any atom is -0.494 e. The number of nitrogens with one attached hydrogen (secondary N) is 1. The maximum atomic E-state index is 15.3. The van der Waals surface area contributed by atoms with Gasteiger partial charge in [0.05, 0.1) is 12.6 Å². The highest BCUT2D eigenvalue weighted by atomic mass is 19.1. The zero-order valence-electron chi connectivity index (χ0n) is 20.4. The normalized spacial score (nSPS) is 26.7. The quantitative estimate of drug-likeness (QED) is 0.591. The van der Waals surface area contributed by atoms with Gasteiger partial charge in [0, 0.05) is 12.1 Å². The average Bonchev–Trinajstić information content (AvgIpc) is 3.07. The number of halogens is 1. The lowest BCUT2D eigenvalue weighted by atomic mass is 9.85. The molecule has 0 saturated carbocycles. The number of hydrogen-bond acceptors (Lipinski definition) is 4. The third kappa shape index (κ3) is 4.52. The second-order valence-electron chi connectivity index (χ2n) is 10.7. The number of benzene rings is 2. The molecule has 34 heavy (non-hydrogen) atoms. The molecule has 3 saturated heterocycles. The first-order valence-corrected chi connectivity index (χ1v) is 12.6. The molecule has 1 aliphatic carbocycles. The highest BCUT2D eigenvalue weighted by Gasteiger charge is 2.42. The van der Waals surface area contributed by atoms with Crippen LogP contribution in [-0.4, -0.2) is 43.3 Å². The van der Waals surface area contributed by atoms with E-state index < -0.39 is 6.09 Å². The van der Waals surface area contributed by atoms with Gasteiger partial charge in [-0.25, -0.2) is 9.18 Å². The molecule has 3 aliphatic heterocycles. The van der Waals surface area contributed by atoms with Crippen LogP contribution < -0.4 is 10.1 Å². The van der Waals surface area contributed by atoms with Crippen LogP contribution in [0.4, 0.5) is 9.18 Å². The van der Waals surface area contributed by atoms with Crippen LogP contribution in [0.25, 0.3) is 11.1 Å². The molecule has 6 rings (SSSR count). The molecule has 1 N–H and O–H groups in total. The monoisotopic (exact) mass is 466 g/mol. The molecular weight excluding hydrogens is 431 g/mol. The first-order chi connectivity index (χ1) is 16.3. The lowest BCUT2D eigenvalue weighted by Gasteiger charge is -2.44. The minimum absolute atomic E-state index is 0.0464. The number of ether oxygens (including phenoxy) is 2. The standard InChI is InChI=1S/C28H35FN2O3/c1-4-13-33-21-7-5-18(6-8-21)22-14-20-16-28(2,3)26(23(20)15-24(22)29)30-27(32)34-25-17-31-11-9-19(25)10-12-31/h5-8,14-15,19,25-26H,4,9-13,16-17H2,1-3H3,(H,30,32)/t25-,26+/m1/s1. The topological polar surface area (TPSA) is 50.8 Å². The van der Waals surface area contributed by atoms with E-state index in [2.05, 4.69) is 31.0 Å². The second kappa shape index (κ2) is 9.21. The molecule has 2 atom stereocenters. The Morgan fingerprint density at radius 2 is 1.91 bits per heavy atom. The van der Waals surface area contributed by atoms with E-state index in [1.165, 1.54) is 0 Å². The molecule has 3 heterocycles. The number of rotatable bonds is 6. The van der Waals surface area contributed by atoms with Crippen LogP contribution in [0.3, 0.4) is 0 Å². The summed E-state index contributed by atoms with van der Waals surface area (Å²) in [5, 5.41) is 3.08. The first kappa shape index (κ1) is 23.2. The van der Waals surface area contributed by atoms with Crippen molar-refractivity contribution in [1.29, 1.82) is 0 Å². The number of fused-ring (bicyclic) bond motifs is 4. The van der Waals surface area contributed by atoms with Crippen molar-refractivity contribution < 1.29 is 18.7 Å². The van der Waals surface area contributed by atoms with Gasteiger partial charge >= 0.3 is 6.09 Å². The zero-order valence-corrected chi connectivity index (χ0v) is 20.4. The molecule has 3 fully saturated rings. The van der Waals surface area contributed by atoms with Crippen LogP contribution in [0, 0.1) is 17.2 Å². The van der Waals surface area contributed by atoms with Crippen molar-refractivity contribution in [3.05, 3.63) is 53.3 Å². The lowest BCUT2D eigenvalue weighted by molar-refractivity contribution is -0.0349. The Morgan fingerprint density at radius 1 is 1.18 bits per heavy atom. The van der Waals surface area contributed by atoms with Crippen LogP contribution in [0.5, 0.6) is 5.75 Å². The first-order valence-electron chi connectivity index (χ1n) is 12.6. The Labute approximate surface area is 201 Å². The van der Waals surface area contributed by atoms with Crippen molar-refractivity contribution in [3.8, 4) is 16.9 Å². The van der Waals surface area contributed by atoms with E-state index in [0.717, 1.165) is 67.8 Å². The number of amides is 1. The number of carbonyl (C=O) groups is 1. The van der Waals surface area contributed by atoms with Crippen molar-refractivity contribution in [3.63, 3.8) is 0 Å². The molecule has 5 nitrogen and oxygen atoms in total. The highest BCUT2D eigenvalue weighted by Crippen LogP contribution is 2.47. The molecule has 2 aromatic rings. The fourth-order valence-electron chi connectivity index (χ4n) is 5.85. The number of hydrogen-bond donors (Lipinski definition) is 1. The van der Waals surface area contributed by atoms with Crippen molar-refractivity contribution in [1.82, 2.24) is 10.2 Å². The van der Waals surface area contributed by atoms with E-state index in [-0.39, 0.29) is 23.4 Å². The van der Waals surface area contributed by atoms with Crippen LogP contribution >= 0.6 is 0 Å². The second-order valence-corrected chi connectivity index (χ2v) is 10.7. The summed E-state index contributed by atoms with van der Waals surface area (Å²) in [6.07, 6.45) is 3.45. The summed E-state index contributed by atoms with van der Waals surface area (Å²) >= 11 is 0. The highest BCUT2D eigenvalue weighted by molar-refractivity contribution is 5.70. The van der Waals surface area contributed by atoms with Gasteiger partial charge in [-0.2, -0.15) is 0 Å². The van der Waals surface area contributed by atoms with Gasteiger partial charge in [0.2, 0.25) is 0 Å². The molecule has 2 aromatic carbocycles. The number of nitrogens with zero attached hydrogens (tertiary/aromatic N) is 1. The van der Waals surface area contributed by atoms with Crippen molar-refractivity contribution >= 4 is 6.09 Å². The van der Waals surface area contributed by atoms with Gasteiger partial charge in [-0.3, -0.25) is 4.90 Å². The Hall–Kier alpha value is -2.60. The predicted molar refractivity (Wildman–Crippen MR) is 130 cm³/mol. The van der Waals surface area contributed by atoms with Crippen LogP contribution in [0.1, 0.15) is 57.2 Å². The fraction of sp³-hybridized carbons (Fsp3) is 0.536. The zero-order chi connectivity index (χ0) is 23.9. The fourth-order valence-corrected chi connectivity index (χ4v) is 5.85. The third-order valence-electron chi connectivity index (χ3n) is 7.72. The van der Waals surface area contributed by atoms with Crippen LogP contribution in [-0.2, 0) is 11.2 Å². The van der Waals surface area contributed by atoms with E-state index in [4.69, 9.17) is 9.47 Å². The van der Waals surface area contributed by atoms with E-state index in [9.17, 15) is 4.79 Å². The largest absolute Gasteiger partial charge is 0.494 e. The van der Waals surface area contributed by atoms with Gasteiger partial charge < -0.3 is 14.8 Å². The molecular formula is C28H35FN2O3. The maximum Gasteiger partial charge on any atom is 0.407 e. The Bertz CT molecular complexity index is 1040. The average molecular weight is 467 g/mol. The molecule has 6 heteroatoms. The van der Waals surface area contributed by atoms with Crippen LogP contribution in [0.15, 0.2) is 36.4 Å². The Kier molecular flexibility index (Phi) is 6.28. The summed E-state index contributed by atoms with van der Waals surface area (Å²) in [4.78, 5) is 15.2. The lowest BCUT2D eigenvalue weighted by Crippen LogP contribution is -2.53.